The number of amides is 1. The van der Waals surface area contributed by atoms with Crippen LogP contribution in [0.5, 0.6) is 0 Å². The average Bonchev–Trinajstić information content (AvgIpc) is 2.95. The number of carboxylic acid groups (broad SMARTS) is 1. The third kappa shape index (κ3) is 3.60. The molecule has 0 spiro atoms. The zero-order valence-electron chi connectivity index (χ0n) is 13.9. The molecule has 0 radical (unpaired) electrons. The highest BCUT2D eigenvalue weighted by atomic mass is 32.2. The number of anilines is 1. The molecule has 1 fully saturated rings. The Morgan fingerprint density at radius 2 is 1.81 bits per heavy atom. The zero-order valence-corrected chi connectivity index (χ0v) is 15.5. The van der Waals surface area contributed by atoms with Gasteiger partial charge in [-0.15, -0.1) is 0 Å². The lowest BCUT2D eigenvalue weighted by molar-refractivity contribution is -0.384. The molecule has 0 saturated carbocycles. The smallest absolute Gasteiger partial charge is 0.271 e. The van der Waals surface area contributed by atoms with Crippen LogP contribution in [-0.4, -0.2) is 21.1 Å². The summed E-state index contributed by atoms with van der Waals surface area (Å²) in [5.41, 5.74) is 1.26. The molecule has 0 aromatic heterocycles. The fourth-order valence-electron chi connectivity index (χ4n) is 2.58. The summed E-state index contributed by atoms with van der Waals surface area (Å²) in [7, 11) is 0. The Morgan fingerprint density at radius 1 is 1.15 bits per heavy atom. The van der Waals surface area contributed by atoms with E-state index >= 15 is 0 Å². The molecule has 3 rings (SSSR count). The van der Waals surface area contributed by atoms with E-state index in [0.717, 1.165) is 11.8 Å². The number of nitro groups is 1. The summed E-state index contributed by atoms with van der Waals surface area (Å²) in [5.74, 6) is -1.77. The van der Waals surface area contributed by atoms with E-state index in [9.17, 15) is 24.8 Å². The number of benzene rings is 2. The maximum absolute atomic E-state index is 12.9. The summed E-state index contributed by atoms with van der Waals surface area (Å²) in [6.07, 6.45) is 0. The molecule has 1 heterocycles. The Balaban J connectivity index is 2.02. The monoisotopic (exact) mass is 399 g/mol. The second kappa shape index (κ2) is 7.29. The van der Waals surface area contributed by atoms with Crippen LogP contribution in [-0.2, 0) is 4.79 Å². The summed E-state index contributed by atoms with van der Waals surface area (Å²) in [5, 5.41) is 22.0. The van der Waals surface area contributed by atoms with Crippen molar-refractivity contribution in [3.8, 4) is 0 Å². The fourth-order valence-corrected chi connectivity index (χ4v) is 3.92. The van der Waals surface area contributed by atoms with E-state index in [1.165, 1.54) is 35.2 Å². The van der Waals surface area contributed by atoms with E-state index < -0.39 is 16.8 Å². The van der Waals surface area contributed by atoms with Gasteiger partial charge in [0.2, 0.25) is 0 Å². The highest BCUT2D eigenvalue weighted by Gasteiger charge is 2.35. The van der Waals surface area contributed by atoms with Gasteiger partial charge < -0.3 is 9.90 Å². The number of aromatic carboxylic acids is 1. The highest BCUT2D eigenvalue weighted by molar-refractivity contribution is 8.27. The van der Waals surface area contributed by atoms with Crippen molar-refractivity contribution in [3.05, 3.63) is 74.7 Å². The third-order valence-corrected chi connectivity index (χ3v) is 5.41. The van der Waals surface area contributed by atoms with Crippen LogP contribution in [0.4, 0.5) is 11.4 Å². The summed E-state index contributed by atoms with van der Waals surface area (Å²) < 4.78 is 0.246. The van der Waals surface area contributed by atoms with Crippen LogP contribution in [0.25, 0.3) is 5.57 Å². The number of allylic oxidation sites excluding steroid dienone is 1. The van der Waals surface area contributed by atoms with Crippen molar-refractivity contribution in [3.63, 3.8) is 0 Å². The van der Waals surface area contributed by atoms with Crippen LogP contribution in [0.2, 0.25) is 0 Å². The minimum Gasteiger partial charge on any atom is -0.545 e. The minimum atomic E-state index is -1.36. The number of carbonyl (C=O) groups excluding carboxylic acids is 2. The maximum Gasteiger partial charge on any atom is 0.271 e. The lowest BCUT2D eigenvalue weighted by Gasteiger charge is -2.16. The highest BCUT2D eigenvalue weighted by Crippen LogP contribution is 2.39. The molecular formula is C18H11N2O5S2-. The summed E-state index contributed by atoms with van der Waals surface area (Å²) >= 11 is 6.35. The summed E-state index contributed by atoms with van der Waals surface area (Å²) in [6.45, 7) is 1.68. The van der Waals surface area contributed by atoms with Gasteiger partial charge in [-0.1, -0.05) is 48.2 Å². The van der Waals surface area contributed by atoms with E-state index in [2.05, 4.69) is 0 Å². The topological polar surface area (TPSA) is 104 Å². The normalized spacial score (nSPS) is 15.8. The molecule has 0 unspecified atom stereocenters. The van der Waals surface area contributed by atoms with E-state index in [0.29, 0.717) is 21.7 Å². The van der Waals surface area contributed by atoms with Crippen molar-refractivity contribution in [1.29, 1.82) is 0 Å². The molecule has 7 nitrogen and oxygen atoms in total. The Labute approximate surface area is 163 Å². The number of nitro benzene ring substituents is 1. The first kappa shape index (κ1) is 18.7. The van der Waals surface area contributed by atoms with Crippen molar-refractivity contribution in [2.45, 2.75) is 6.92 Å². The molecule has 9 heteroatoms. The largest absolute Gasteiger partial charge is 0.545 e. The SMILES string of the molecule is C/C(=C1/SC(=S)N(c2cccc(C(=O)[O-])c2)C1=O)c1cccc([N+](=O)[O-])c1. The average molecular weight is 399 g/mol. The van der Waals surface area contributed by atoms with Crippen LogP contribution in [0.1, 0.15) is 22.8 Å². The lowest BCUT2D eigenvalue weighted by Crippen LogP contribution is -2.28. The Morgan fingerprint density at radius 3 is 2.48 bits per heavy atom. The van der Waals surface area contributed by atoms with Crippen molar-refractivity contribution < 1.29 is 19.6 Å². The molecule has 2 aromatic carbocycles. The molecular weight excluding hydrogens is 388 g/mol. The zero-order chi connectivity index (χ0) is 19.7. The number of carbonyl (C=O) groups is 2. The van der Waals surface area contributed by atoms with Gasteiger partial charge in [-0.3, -0.25) is 19.8 Å². The summed E-state index contributed by atoms with van der Waals surface area (Å²) in [4.78, 5) is 36.0. The van der Waals surface area contributed by atoms with E-state index in [-0.39, 0.29) is 15.6 Å². The molecule has 0 bridgehead atoms. The number of hydrogen-bond donors (Lipinski definition) is 0. The first-order chi connectivity index (χ1) is 12.8. The Kier molecular flexibility index (Phi) is 5.06. The van der Waals surface area contributed by atoms with E-state index in [1.54, 1.807) is 25.1 Å². The van der Waals surface area contributed by atoms with Crippen molar-refractivity contribution in [2.75, 3.05) is 4.90 Å². The first-order valence-electron chi connectivity index (χ1n) is 7.63. The number of thioether (sulfide) groups is 1. The maximum atomic E-state index is 12.9. The summed E-state index contributed by atoms with van der Waals surface area (Å²) in [6, 6.07) is 11.7. The van der Waals surface area contributed by atoms with Gasteiger partial charge in [-0.05, 0) is 35.8 Å². The van der Waals surface area contributed by atoms with Gasteiger partial charge in [0.05, 0.1) is 21.5 Å². The third-order valence-electron chi connectivity index (χ3n) is 3.94. The van der Waals surface area contributed by atoms with Gasteiger partial charge in [0.15, 0.2) is 4.32 Å². The van der Waals surface area contributed by atoms with Gasteiger partial charge in [0, 0.05) is 12.1 Å². The number of rotatable bonds is 4. The van der Waals surface area contributed by atoms with Crippen molar-refractivity contribution >= 4 is 57.1 Å². The fraction of sp³-hybridized carbons (Fsp3) is 0.0556. The van der Waals surface area contributed by atoms with Crippen LogP contribution < -0.4 is 10.0 Å². The predicted octanol–water partition coefficient (Wildman–Crippen LogP) is 2.75. The Hall–Kier alpha value is -3.04. The molecule has 0 atom stereocenters. The quantitative estimate of drug-likeness (QED) is 0.337. The van der Waals surface area contributed by atoms with Crippen LogP contribution in [0.15, 0.2) is 53.4 Å². The molecule has 1 aliphatic heterocycles. The molecule has 136 valence electrons. The minimum absolute atomic E-state index is 0.0686. The van der Waals surface area contributed by atoms with Crippen molar-refractivity contribution in [1.82, 2.24) is 0 Å². The number of carboxylic acids is 1. The molecule has 2 aromatic rings. The van der Waals surface area contributed by atoms with Crippen molar-refractivity contribution in [2.24, 2.45) is 0 Å². The van der Waals surface area contributed by atoms with E-state index in [4.69, 9.17) is 12.2 Å². The molecule has 27 heavy (non-hydrogen) atoms. The molecule has 1 saturated heterocycles. The lowest BCUT2D eigenvalue weighted by atomic mass is 10.1. The standard InChI is InChI=1S/C18H12N2O5S2/c1-10(11-4-2-7-14(8-11)20(24)25)15-16(21)19(18(26)27-15)13-6-3-5-12(9-13)17(22)23/h2-9H,1H3,(H,22,23)/p-1/b15-10-. The van der Waals surface area contributed by atoms with Crippen LogP contribution in [0, 0.1) is 10.1 Å². The predicted molar refractivity (Wildman–Crippen MR) is 104 cm³/mol. The number of hydrogen-bond acceptors (Lipinski definition) is 7. The second-order valence-corrected chi connectivity index (χ2v) is 7.25. The Bertz CT molecular complexity index is 1030. The second-order valence-electron chi connectivity index (χ2n) is 5.61. The molecule has 1 amide bonds. The van der Waals surface area contributed by atoms with Gasteiger partial charge in [0.25, 0.3) is 11.6 Å². The van der Waals surface area contributed by atoms with Gasteiger partial charge >= 0.3 is 0 Å². The van der Waals surface area contributed by atoms with Gasteiger partial charge in [-0.2, -0.15) is 0 Å². The molecule has 1 aliphatic rings. The molecule has 0 N–H and O–H groups in total. The van der Waals surface area contributed by atoms with Crippen LogP contribution in [0.3, 0.4) is 0 Å². The molecule has 0 aliphatic carbocycles. The van der Waals surface area contributed by atoms with Gasteiger partial charge in [-0.25, -0.2) is 0 Å². The number of non-ortho nitro benzene ring substituents is 1. The van der Waals surface area contributed by atoms with Gasteiger partial charge in [0.1, 0.15) is 0 Å². The number of nitrogens with zero attached hydrogens (tertiary/aromatic N) is 2. The van der Waals surface area contributed by atoms with Crippen LogP contribution >= 0.6 is 24.0 Å². The number of thiocarbonyl (C=S) groups is 1. The van der Waals surface area contributed by atoms with E-state index in [1.807, 2.05) is 0 Å². The first-order valence-corrected chi connectivity index (χ1v) is 8.85.